The molecule has 0 spiro atoms. The Hall–Kier alpha value is -1.93. The molecule has 19 heavy (non-hydrogen) atoms. The van der Waals surface area contributed by atoms with Crippen molar-refractivity contribution in [2.75, 3.05) is 30.9 Å². The number of anilines is 2. The van der Waals surface area contributed by atoms with Crippen LogP contribution in [0.3, 0.4) is 0 Å². The molecule has 8 nitrogen and oxygen atoms in total. The van der Waals surface area contributed by atoms with E-state index in [0.717, 1.165) is 6.42 Å². The number of hydrogen-bond donors (Lipinski definition) is 4. The molecule has 104 valence electrons. The molecule has 6 N–H and O–H groups in total. The maximum absolute atomic E-state index is 11.2. The van der Waals surface area contributed by atoms with Crippen molar-refractivity contribution in [3.8, 4) is 0 Å². The monoisotopic (exact) mass is 266 g/mol. The lowest BCUT2D eigenvalue weighted by molar-refractivity contribution is 0.0751. The summed E-state index contributed by atoms with van der Waals surface area (Å²) in [5.74, 6) is 0.237. The molecule has 0 aromatic carbocycles. The maximum Gasteiger partial charge on any atom is 0.254 e. The van der Waals surface area contributed by atoms with E-state index < -0.39 is 5.91 Å². The molecule has 1 aromatic rings. The average molecular weight is 266 g/mol. The summed E-state index contributed by atoms with van der Waals surface area (Å²) >= 11 is 0. The lowest BCUT2D eigenvalue weighted by atomic mass is 10.1. The first kappa shape index (κ1) is 13.5. The third-order valence-electron chi connectivity index (χ3n) is 3.01. The summed E-state index contributed by atoms with van der Waals surface area (Å²) in [4.78, 5) is 19.5. The van der Waals surface area contributed by atoms with Gasteiger partial charge in [-0.05, 0) is 6.42 Å². The molecule has 1 fully saturated rings. The van der Waals surface area contributed by atoms with Crippen LogP contribution in [-0.4, -0.2) is 48.2 Å². The smallest absolute Gasteiger partial charge is 0.254 e. The summed E-state index contributed by atoms with van der Waals surface area (Å²) < 4.78 is 5.27. The Morgan fingerprint density at radius 2 is 2.37 bits per heavy atom. The van der Waals surface area contributed by atoms with Crippen molar-refractivity contribution >= 4 is 17.7 Å². The molecule has 2 atom stereocenters. The number of carbonyl (C=O) groups is 1. The quantitative estimate of drug-likeness (QED) is 0.558. The second-order valence-corrected chi connectivity index (χ2v) is 4.35. The summed E-state index contributed by atoms with van der Waals surface area (Å²) in [6, 6.07) is -0.0518. The molecule has 1 aliphatic rings. The van der Waals surface area contributed by atoms with Gasteiger partial charge in [0, 0.05) is 31.9 Å². The van der Waals surface area contributed by atoms with E-state index in [2.05, 4.69) is 20.6 Å². The van der Waals surface area contributed by atoms with E-state index in [-0.39, 0.29) is 17.6 Å². The first-order valence-corrected chi connectivity index (χ1v) is 6.06. The molecule has 0 saturated carbocycles. The Morgan fingerprint density at radius 3 is 3.00 bits per heavy atom. The Morgan fingerprint density at radius 1 is 1.58 bits per heavy atom. The molecule has 0 bridgehead atoms. The highest BCUT2D eigenvalue weighted by Gasteiger charge is 2.23. The molecule has 0 aliphatic carbocycles. The van der Waals surface area contributed by atoms with Gasteiger partial charge in [0.15, 0.2) is 0 Å². The normalized spacial score (nSPS) is 22.8. The molecular formula is C11H18N6O2. The van der Waals surface area contributed by atoms with Crippen LogP contribution in [0.25, 0.3) is 0 Å². The minimum absolute atomic E-state index is 0.0536. The zero-order chi connectivity index (χ0) is 13.8. The van der Waals surface area contributed by atoms with E-state index in [1.54, 1.807) is 7.05 Å². The first-order valence-electron chi connectivity index (χ1n) is 6.06. The van der Waals surface area contributed by atoms with E-state index in [1.165, 1.54) is 6.20 Å². The number of carbonyl (C=O) groups excluding carboxylic acids is 1. The third kappa shape index (κ3) is 3.09. The van der Waals surface area contributed by atoms with Crippen molar-refractivity contribution in [3.05, 3.63) is 11.8 Å². The molecule has 1 amide bonds. The van der Waals surface area contributed by atoms with Gasteiger partial charge in [-0.3, -0.25) is 4.79 Å². The van der Waals surface area contributed by atoms with Gasteiger partial charge in [0.05, 0.1) is 12.2 Å². The van der Waals surface area contributed by atoms with Crippen LogP contribution in [0.15, 0.2) is 6.20 Å². The number of hydrogen-bond acceptors (Lipinski definition) is 7. The predicted molar refractivity (Wildman–Crippen MR) is 70.9 cm³/mol. The molecule has 1 aromatic heterocycles. The van der Waals surface area contributed by atoms with E-state index in [0.29, 0.717) is 25.0 Å². The first-order chi connectivity index (χ1) is 9.11. The van der Waals surface area contributed by atoms with E-state index in [9.17, 15) is 4.79 Å². The van der Waals surface area contributed by atoms with Gasteiger partial charge in [-0.15, -0.1) is 0 Å². The van der Waals surface area contributed by atoms with Gasteiger partial charge in [0.1, 0.15) is 5.82 Å². The summed E-state index contributed by atoms with van der Waals surface area (Å²) in [7, 11) is 1.67. The number of amides is 1. The molecular weight excluding hydrogens is 248 g/mol. The van der Waals surface area contributed by atoms with Gasteiger partial charge in [0.2, 0.25) is 5.95 Å². The molecule has 1 aliphatic heterocycles. The summed E-state index contributed by atoms with van der Waals surface area (Å²) in [5.41, 5.74) is 11.4. The van der Waals surface area contributed by atoms with Gasteiger partial charge in [-0.25, -0.2) is 4.98 Å². The van der Waals surface area contributed by atoms with Crippen LogP contribution >= 0.6 is 0 Å². The Labute approximate surface area is 110 Å². The third-order valence-corrected chi connectivity index (χ3v) is 3.01. The fourth-order valence-electron chi connectivity index (χ4n) is 1.93. The van der Waals surface area contributed by atoms with Crippen LogP contribution < -0.4 is 22.1 Å². The van der Waals surface area contributed by atoms with Crippen molar-refractivity contribution in [2.45, 2.75) is 18.5 Å². The van der Waals surface area contributed by atoms with Gasteiger partial charge in [0.25, 0.3) is 5.91 Å². The largest absolute Gasteiger partial charge is 0.380 e. The molecule has 2 rings (SSSR count). The average Bonchev–Trinajstić information content (AvgIpc) is 2.41. The fourth-order valence-corrected chi connectivity index (χ4v) is 1.93. The van der Waals surface area contributed by atoms with Crippen LogP contribution in [-0.2, 0) is 4.74 Å². The SMILES string of the molecule is CNc1nc(NC2CCOCC2N)ncc1C(N)=O. The van der Waals surface area contributed by atoms with E-state index in [4.69, 9.17) is 16.2 Å². The van der Waals surface area contributed by atoms with Gasteiger partial charge in [-0.2, -0.15) is 4.98 Å². The standard InChI is InChI=1S/C11H18N6O2/c1-14-10-6(9(13)18)4-15-11(17-10)16-8-2-3-19-5-7(8)12/h4,7-8H,2-3,5,12H2,1H3,(H2,13,18)(H2,14,15,16,17). The molecule has 2 heterocycles. The van der Waals surface area contributed by atoms with Crippen LogP contribution in [0.2, 0.25) is 0 Å². The van der Waals surface area contributed by atoms with Crippen LogP contribution in [0, 0.1) is 0 Å². The number of primary amides is 1. The highest BCUT2D eigenvalue weighted by atomic mass is 16.5. The van der Waals surface area contributed by atoms with Gasteiger partial charge in [-0.1, -0.05) is 0 Å². The Kier molecular flexibility index (Phi) is 4.13. The number of aromatic nitrogens is 2. The molecule has 0 radical (unpaired) electrons. The van der Waals surface area contributed by atoms with Crippen molar-refractivity contribution in [1.29, 1.82) is 0 Å². The maximum atomic E-state index is 11.2. The lowest BCUT2D eigenvalue weighted by Gasteiger charge is -2.29. The number of nitrogens with two attached hydrogens (primary N) is 2. The summed E-state index contributed by atoms with van der Waals surface area (Å²) in [5, 5.41) is 5.97. The minimum atomic E-state index is -0.571. The predicted octanol–water partition coefficient (Wildman–Crippen LogP) is -0.855. The molecule has 2 unspecified atom stereocenters. The van der Waals surface area contributed by atoms with Crippen molar-refractivity contribution in [1.82, 2.24) is 9.97 Å². The number of ether oxygens (including phenoxy) is 1. The number of nitrogens with zero attached hydrogens (tertiary/aromatic N) is 2. The highest BCUT2D eigenvalue weighted by Crippen LogP contribution is 2.15. The zero-order valence-corrected chi connectivity index (χ0v) is 10.7. The fraction of sp³-hybridized carbons (Fsp3) is 0.545. The van der Waals surface area contributed by atoms with E-state index >= 15 is 0 Å². The zero-order valence-electron chi connectivity index (χ0n) is 10.7. The second-order valence-electron chi connectivity index (χ2n) is 4.35. The number of nitrogens with one attached hydrogen (secondary N) is 2. The van der Waals surface area contributed by atoms with E-state index in [1.807, 2.05) is 0 Å². The molecule has 8 heteroatoms. The van der Waals surface area contributed by atoms with Crippen LogP contribution in [0.1, 0.15) is 16.8 Å². The van der Waals surface area contributed by atoms with Crippen molar-refractivity contribution in [3.63, 3.8) is 0 Å². The number of rotatable bonds is 4. The highest BCUT2D eigenvalue weighted by molar-refractivity contribution is 5.97. The topological polar surface area (TPSA) is 128 Å². The van der Waals surface area contributed by atoms with Gasteiger partial charge >= 0.3 is 0 Å². The Balaban J connectivity index is 2.14. The van der Waals surface area contributed by atoms with Crippen LogP contribution in [0.4, 0.5) is 11.8 Å². The summed E-state index contributed by atoms with van der Waals surface area (Å²) in [6.45, 7) is 1.17. The minimum Gasteiger partial charge on any atom is -0.380 e. The lowest BCUT2D eigenvalue weighted by Crippen LogP contribution is -2.47. The van der Waals surface area contributed by atoms with Gasteiger partial charge < -0.3 is 26.8 Å². The molecule has 1 saturated heterocycles. The van der Waals surface area contributed by atoms with Crippen molar-refractivity contribution in [2.24, 2.45) is 11.5 Å². The second kappa shape index (κ2) is 5.81. The van der Waals surface area contributed by atoms with Crippen molar-refractivity contribution < 1.29 is 9.53 Å². The van der Waals surface area contributed by atoms with Crippen LogP contribution in [0.5, 0.6) is 0 Å². The Bertz CT molecular complexity index is 466. The summed E-state index contributed by atoms with van der Waals surface area (Å²) in [6.07, 6.45) is 2.19.